The number of rotatable bonds is 6. The Bertz CT molecular complexity index is 283. The molecule has 2 N–H and O–H groups in total. The van der Waals surface area contributed by atoms with E-state index < -0.39 is 0 Å². The van der Waals surface area contributed by atoms with Gasteiger partial charge in [0.2, 0.25) is 5.88 Å². The Kier molecular flexibility index (Phi) is 6.00. The van der Waals surface area contributed by atoms with E-state index in [4.69, 9.17) is 9.84 Å². The number of aliphatic imine (C=N–C) groups is 1. The lowest BCUT2D eigenvalue weighted by atomic mass is 10.1. The zero-order valence-corrected chi connectivity index (χ0v) is 10.9. The second kappa shape index (κ2) is 7.29. The van der Waals surface area contributed by atoms with Crippen LogP contribution in [0.25, 0.3) is 0 Å². The van der Waals surface area contributed by atoms with Crippen LogP contribution in [0.2, 0.25) is 0 Å². The van der Waals surface area contributed by atoms with E-state index in [9.17, 15) is 0 Å². The second-order valence-electron chi connectivity index (χ2n) is 4.19. The van der Waals surface area contributed by atoms with Crippen molar-refractivity contribution in [1.29, 1.82) is 0 Å². The number of hydrogen-bond acceptors (Lipinski definition) is 5. The van der Waals surface area contributed by atoms with E-state index in [0.29, 0.717) is 11.8 Å². The molecule has 0 aromatic rings. The molecule has 1 aliphatic rings. The lowest BCUT2D eigenvalue weighted by molar-refractivity contribution is 0.222. The van der Waals surface area contributed by atoms with Gasteiger partial charge in [0.05, 0.1) is 7.11 Å². The summed E-state index contributed by atoms with van der Waals surface area (Å²) in [6.07, 6.45) is 2.83. The molecule has 0 saturated carbocycles. The van der Waals surface area contributed by atoms with Gasteiger partial charge in [0.15, 0.2) is 0 Å². The highest BCUT2D eigenvalue weighted by Gasteiger charge is 2.23. The minimum absolute atomic E-state index is 0.274. The van der Waals surface area contributed by atoms with Crippen LogP contribution in [-0.2, 0) is 4.74 Å². The van der Waals surface area contributed by atoms with Crippen LogP contribution in [0.4, 0.5) is 0 Å². The summed E-state index contributed by atoms with van der Waals surface area (Å²) in [6, 6.07) is 0. The molecule has 1 unspecified atom stereocenters. The van der Waals surface area contributed by atoms with E-state index in [0.717, 1.165) is 31.8 Å². The van der Waals surface area contributed by atoms with Crippen molar-refractivity contribution in [2.45, 2.75) is 13.3 Å². The van der Waals surface area contributed by atoms with Crippen LogP contribution in [0.1, 0.15) is 13.3 Å². The van der Waals surface area contributed by atoms with Crippen molar-refractivity contribution in [2.75, 3.05) is 40.4 Å². The number of aliphatic hydroxyl groups excluding tert-OH is 1. The van der Waals surface area contributed by atoms with Gasteiger partial charge in [-0.1, -0.05) is 0 Å². The normalized spacial score (nSPS) is 22.9. The second-order valence-corrected chi connectivity index (χ2v) is 4.19. The van der Waals surface area contributed by atoms with E-state index in [2.05, 4.69) is 15.2 Å². The molecule has 17 heavy (non-hydrogen) atoms. The van der Waals surface area contributed by atoms with Crippen molar-refractivity contribution in [3.63, 3.8) is 0 Å². The van der Waals surface area contributed by atoms with Crippen LogP contribution in [0.15, 0.2) is 16.6 Å². The molecule has 1 atom stereocenters. The summed E-state index contributed by atoms with van der Waals surface area (Å²) < 4.78 is 5.26. The molecule has 98 valence electrons. The van der Waals surface area contributed by atoms with E-state index in [1.807, 2.05) is 14.0 Å². The zero-order valence-electron chi connectivity index (χ0n) is 10.9. The molecular formula is C12H23N3O2. The van der Waals surface area contributed by atoms with E-state index in [1.165, 1.54) is 0 Å². The molecule has 1 heterocycles. The van der Waals surface area contributed by atoms with Gasteiger partial charge >= 0.3 is 0 Å². The number of nitrogens with one attached hydrogen (secondary N) is 1. The SMILES string of the molecule is CC=N/C(CN1CCC(CO)C1)=C(\NC)OC. The summed E-state index contributed by atoms with van der Waals surface area (Å²) in [4.78, 5) is 6.63. The van der Waals surface area contributed by atoms with Crippen molar-refractivity contribution < 1.29 is 9.84 Å². The standard InChI is InChI=1S/C12H23N3O2/c1-4-14-11(12(13-2)17-3)8-15-6-5-10(7-15)9-16/h4,10,13,16H,5-9H2,1-3H3/b12-11+,14-4?. The molecule has 0 radical (unpaired) electrons. The van der Waals surface area contributed by atoms with Gasteiger partial charge in [0, 0.05) is 33.0 Å². The number of methoxy groups -OCH3 is 1. The summed E-state index contributed by atoms with van der Waals surface area (Å²) >= 11 is 0. The molecule has 1 rings (SSSR count). The summed E-state index contributed by atoms with van der Waals surface area (Å²) in [6.45, 7) is 4.86. The van der Waals surface area contributed by atoms with Crippen molar-refractivity contribution in [3.8, 4) is 0 Å². The minimum Gasteiger partial charge on any atom is -0.481 e. The minimum atomic E-state index is 0.274. The number of hydrogen-bond donors (Lipinski definition) is 2. The third kappa shape index (κ3) is 4.02. The van der Waals surface area contributed by atoms with Crippen LogP contribution in [-0.4, -0.2) is 56.6 Å². The quantitative estimate of drug-likeness (QED) is 0.523. The molecule has 0 aromatic carbocycles. The first-order valence-electron chi connectivity index (χ1n) is 6.01. The average molecular weight is 241 g/mol. The predicted octanol–water partition coefficient (Wildman–Crippen LogP) is 0.426. The van der Waals surface area contributed by atoms with E-state index in [1.54, 1.807) is 13.3 Å². The Morgan fingerprint density at radius 2 is 2.41 bits per heavy atom. The van der Waals surface area contributed by atoms with Crippen molar-refractivity contribution in [2.24, 2.45) is 10.9 Å². The van der Waals surface area contributed by atoms with Gasteiger partial charge in [-0.05, 0) is 25.8 Å². The van der Waals surface area contributed by atoms with Gasteiger partial charge in [-0.2, -0.15) is 0 Å². The first-order chi connectivity index (χ1) is 8.24. The third-order valence-corrected chi connectivity index (χ3v) is 2.98. The fourth-order valence-corrected chi connectivity index (χ4v) is 2.11. The van der Waals surface area contributed by atoms with Crippen molar-refractivity contribution in [1.82, 2.24) is 10.2 Å². The Labute approximate surface area is 103 Å². The Morgan fingerprint density at radius 3 is 2.88 bits per heavy atom. The Balaban J connectivity index is 2.65. The van der Waals surface area contributed by atoms with Crippen LogP contribution in [0.3, 0.4) is 0 Å². The van der Waals surface area contributed by atoms with Gasteiger partial charge in [-0.3, -0.25) is 9.89 Å². The molecule has 0 amide bonds. The van der Waals surface area contributed by atoms with Gasteiger partial charge in [0.1, 0.15) is 5.70 Å². The summed E-state index contributed by atoms with van der Waals surface area (Å²) in [5.41, 5.74) is 0.899. The van der Waals surface area contributed by atoms with Crippen LogP contribution in [0, 0.1) is 5.92 Å². The Morgan fingerprint density at radius 1 is 1.65 bits per heavy atom. The largest absolute Gasteiger partial charge is 0.481 e. The Hall–Kier alpha value is -1.07. The zero-order chi connectivity index (χ0) is 12.7. The number of aliphatic hydroxyl groups is 1. The molecule has 1 aliphatic heterocycles. The maximum atomic E-state index is 9.12. The highest BCUT2D eigenvalue weighted by atomic mass is 16.5. The fraction of sp³-hybridized carbons (Fsp3) is 0.750. The topological polar surface area (TPSA) is 57.1 Å². The molecule has 5 heteroatoms. The van der Waals surface area contributed by atoms with Gasteiger partial charge in [-0.15, -0.1) is 0 Å². The first kappa shape index (κ1) is 14.0. The van der Waals surface area contributed by atoms with E-state index >= 15 is 0 Å². The number of nitrogens with zero attached hydrogens (tertiary/aromatic N) is 2. The summed E-state index contributed by atoms with van der Waals surface area (Å²) in [5.74, 6) is 1.11. The summed E-state index contributed by atoms with van der Waals surface area (Å²) in [5, 5.41) is 12.1. The molecule has 1 fully saturated rings. The summed E-state index contributed by atoms with van der Waals surface area (Å²) in [7, 11) is 3.46. The molecule has 0 aromatic heterocycles. The van der Waals surface area contributed by atoms with Crippen LogP contribution in [0.5, 0.6) is 0 Å². The van der Waals surface area contributed by atoms with Crippen LogP contribution >= 0.6 is 0 Å². The third-order valence-electron chi connectivity index (χ3n) is 2.98. The monoisotopic (exact) mass is 241 g/mol. The van der Waals surface area contributed by atoms with Gasteiger partial charge < -0.3 is 15.2 Å². The molecule has 5 nitrogen and oxygen atoms in total. The first-order valence-corrected chi connectivity index (χ1v) is 6.01. The number of ether oxygens (including phenoxy) is 1. The predicted molar refractivity (Wildman–Crippen MR) is 68.9 cm³/mol. The van der Waals surface area contributed by atoms with Crippen LogP contribution < -0.4 is 5.32 Å². The van der Waals surface area contributed by atoms with Crippen molar-refractivity contribution >= 4 is 6.21 Å². The molecule has 0 spiro atoms. The van der Waals surface area contributed by atoms with Crippen molar-refractivity contribution in [3.05, 3.63) is 11.6 Å². The molecule has 0 aliphatic carbocycles. The highest BCUT2D eigenvalue weighted by molar-refractivity contribution is 5.55. The van der Waals surface area contributed by atoms with Gasteiger partial charge in [0.25, 0.3) is 0 Å². The maximum Gasteiger partial charge on any atom is 0.209 e. The molecule has 0 bridgehead atoms. The maximum absolute atomic E-state index is 9.12. The lowest BCUT2D eigenvalue weighted by Crippen LogP contribution is -2.26. The van der Waals surface area contributed by atoms with Gasteiger partial charge in [-0.25, -0.2) is 0 Å². The fourth-order valence-electron chi connectivity index (χ4n) is 2.11. The average Bonchev–Trinajstić information content (AvgIpc) is 2.78. The lowest BCUT2D eigenvalue weighted by Gasteiger charge is -2.17. The molecular weight excluding hydrogens is 218 g/mol. The van der Waals surface area contributed by atoms with E-state index in [-0.39, 0.29) is 6.61 Å². The highest BCUT2D eigenvalue weighted by Crippen LogP contribution is 2.17. The smallest absolute Gasteiger partial charge is 0.209 e. The molecule has 1 saturated heterocycles. The number of likely N-dealkylation sites (tertiary alicyclic amines) is 1.